The number of amides is 1. The van der Waals surface area contributed by atoms with Crippen LogP contribution in [0.4, 0.5) is 5.69 Å². The number of halogens is 4. The van der Waals surface area contributed by atoms with E-state index in [-0.39, 0.29) is 17.3 Å². The number of carbonyl (C=O) groups excluding carboxylic acids is 1. The molecule has 0 saturated heterocycles. The number of hydrazone groups is 1. The zero-order valence-electron chi connectivity index (χ0n) is 20.9. The molecule has 9 nitrogen and oxygen atoms in total. The number of carbonyl (C=O) groups is 1. The maximum Gasteiger partial charge on any atom is 0.260 e. The van der Waals surface area contributed by atoms with Gasteiger partial charge in [-0.1, -0.05) is 40.9 Å². The van der Waals surface area contributed by atoms with E-state index in [1.165, 1.54) is 38.6 Å². The highest BCUT2D eigenvalue weighted by atomic mass is 79.9. The van der Waals surface area contributed by atoms with Crippen LogP contribution in [0.5, 0.6) is 17.2 Å². The van der Waals surface area contributed by atoms with E-state index in [1.807, 2.05) is 0 Å². The summed E-state index contributed by atoms with van der Waals surface area (Å²) in [6, 6.07) is 12.9. The van der Waals surface area contributed by atoms with Crippen LogP contribution in [0.3, 0.4) is 0 Å². The van der Waals surface area contributed by atoms with Crippen molar-refractivity contribution in [2.45, 2.75) is 6.61 Å². The second-order valence-electron chi connectivity index (χ2n) is 7.94. The van der Waals surface area contributed by atoms with Crippen molar-refractivity contribution in [1.82, 2.24) is 5.43 Å². The Kier molecular flexibility index (Phi) is 10.7. The number of methoxy groups -OCH3 is 2. The lowest BCUT2D eigenvalue weighted by Gasteiger charge is -2.22. The zero-order chi connectivity index (χ0) is 28.7. The van der Waals surface area contributed by atoms with Crippen molar-refractivity contribution < 1.29 is 27.4 Å². The van der Waals surface area contributed by atoms with Crippen LogP contribution in [0.2, 0.25) is 15.1 Å². The van der Waals surface area contributed by atoms with Crippen molar-refractivity contribution in [1.29, 1.82) is 0 Å². The number of nitrogens with zero attached hydrogens (tertiary/aromatic N) is 2. The van der Waals surface area contributed by atoms with Gasteiger partial charge in [0.25, 0.3) is 5.91 Å². The molecule has 39 heavy (non-hydrogen) atoms. The van der Waals surface area contributed by atoms with Crippen molar-refractivity contribution in [3.8, 4) is 17.2 Å². The molecule has 0 aliphatic heterocycles. The van der Waals surface area contributed by atoms with Gasteiger partial charge in [-0.05, 0) is 64.0 Å². The maximum absolute atomic E-state index is 12.5. The molecule has 0 radical (unpaired) electrons. The van der Waals surface area contributed by atoms with Crippen LogP contribution in [0.1, 0.15) is 11.1 Å². The van der Waals surface area contributed by atoms with Crippen molar-refractivity contribution in [3.05, 3.63) is 79.2 Å². The maximum atomic E-state index is 12.5. The van der Waals surface area contributed by atoms with Gasteiger partial charge in [0.05, 0.1) is 41.9 Å². The average molecular weight is 680 g/mol. The quantitative estimate of drug-likeness (QED) is 0.199. The molecule has 0 bridgehead atoms. The van der Waals surface area contributed by atoms with Crippen LogP contribution in [0.15, 0.2) is 58.1 Å². The summed E-state index contributed by atoms with van der Waals surface area (Å²) >= 11 is 21.7. The molecule has 0 aliphatic carbocycles. The lowest BCUT2D eigenvalue weighted by molar-refractivity contribution is -0.119. The molecule has 0 aromatic heterocycles. The number of rotatable bonds is 11. The Morgan fingerprint density at radius 2 is 1.74 bits per heavy atom. The molecular weight excluding hydrogens is 657 g/mol. The van der Waals surface area contributed by atoms with Gasteiger partial charge in [-0.15, -0.1) is 0 Å². The zero-order valence-corrected chi connectivity index (χ0v) is 25.5. The summed E-state index contributed by atoms with van der Waals surface area (Å²) in [7, 11) is -0.886. The number of benzene rings is 3. The standard InChI is InChI=1S/C25H23BrCl3N3O6S/c1-36-22-7-6-18(11-21(22)29)32(39(3,34)35)13-24(33)31-30-12-15-8-19(26)25(23(9-15)37-2)38-14-16-4-5-17(27)10-20(16)28/h4-12H,13-14H2,1-3H3,(H,31,33)/b30-12-. The fourth-order valence-electron chi connectivity index (χ4n) is 3.30. The van der Waals surface area contributed by atoms with Crippen LogP contribution in [0, 0.1) is 0 Å². The van der Waals surface area contributed by atoms with Gasteiger partial charge < -0.3 is 14.2 Å². The van der Waals surface area contributed by atoms with Crippen molar-refractivity contribution in [2.24, 2.45) is 5.10 Å². The molecule has 0 spiro atoms. The number of hydrogen-bond donors (Lipinski definition) is 1. The number of nitrogens with one attached hydrogen (secondary N) is 1. The first kappa shape index (κ1) is 30.8. The third-order valence-corrected chi connectivity index (χ3v) is 7.76. The van der Waals surface area contributed by atoms with Gasteiger partial charge in [-0.3, -0.25) is 9.10 Å². The SMILES string of the molecule is COc1ccc(N(CC(=O)N/N=C\c2cc(Br)c(OCc3ccc(Cl)cc3Cl)c(OC)c2)S(C)(=O)=O)cc1Cl. The Bertz CT molecular complexity index is 1500. The molecule has 208 valence electrons. The van der Waals surface area contributed by atoms with Gasteiger partial charge in [0.15, 0.2) is 11.5 Å². The molecular formula is C25H23BrCl3N3O6S. The van der Waals surface area contributed by atoms with Gasteiger partial charge in [0, 0.05) is 15.6 Å². The third kappa shape index (κ3) is 8.39. The lowest BCUT2D eigenvalue weighted by atomic mass is 10.2. The number of ether oxygens (including phenoxy) is 3. The Labute approximate surface area is 249 Å². The summed E-state index contributed by atoms with van der Waals surface area (Å²) in [4.78, 5) is 12.5. The molecule has 0 saturated carbocycles. The van der Waals surface area contributed by atoms with Gasteiger partial charge in [-0.2, -0.15) is 5.10 Å². The summed E-state index contributed by atoms with van der Waals surface area (Å²) in [6.07, 6.45) is 2.36. The number of sulfonamides is 1. The van der Waals surface area contributed by atoms with Crippen LogP contribution >= 0.6 is 50.7 Å². The van der Waals surface area contributed by atoms with E-state index >= 15 is 0 Å². The summed E-state index contributed by atoms with van der Waals surface area (Å²) in [5.74, 6) is 0.540. The Morgan fingerprint density at radius 1 is 1.03 bits per heavy atom. The van der Waals surface area contributed by atoms with E-state index < -0.39 is 22.5 Å². The predicted octanol–water partition coefficient (Wildman–Crippen LogP) is 5.92. The van der Waals surface area contributed by atoms with Crippen LogP contribution < -0.4 is 23.9 Å². The molecule has 3 rings (SSSR count). The van der Waals surface area contributed by atoms with Crippen molar-refractivity contribution >= 4 is 78.6 Å². The molecule has 3 aromatic carbocycles. The number of anilines is 1. The lowest BCUT2D eigenvalue weighted by Crippen LogP contribution is -2.39. The number of hydrogen-bond acceptors (Lipinski definition) is 7. The van der Waals surface area contributed by atoms with Gasteiger partial charge in [0.2, 0.25) is 10.0 Å². The molecule has 0 fully saturated rings. The Morgan fingerprint density at radius 3 is 2.36 bits per heavy atom. The summed E-state index contributed by atoms with van der Waals surface area (Å²) in [6.45, 7) is -0.351. The van der Waals surface area contributed by atoms with Gasteiger partial charge >= 0.3 is 0 Å². The summed E-state index contributed by atoms with van der Waals surface area (Å²) in [5, 5.41) is 5.13. The molecule has 0 unspecified atom stereocenters. The van der Waals surface area contributed by atoms with E-state index in [4.69, 9.17) is 49.0 Å². The molecule has 1 amide bonds. The molecule has 3 aromatic rings. The fraction of sp³-hybridized carbons (Fsp3) is 0.200. The van der Waals surface area contributed by atoms with Gasteiger partial charge in [-0.25, -0.2) is 13.8 Å². The average Bonchev–Trinajstić information content (AvgIpc) is 2.86. The summed E-state index contributed by atoms with van der Waals surface area (Å²) in [5.41, 5.74) is 3.83. The molecule has 0 atom stereocenters. The molecule has 1 N–H and O–H groups in total. The minimum Gasteiger partial charge on any atom is -0.495 e. The van der Waals surface area contributed by atoms with Crippen LogP contribution in [0.25, 0.3) is 0 Å². The van der Waals surface area contributed by atoms with Gasteiger partial charge in [0.1, 0.15) is 18.9 Å². The largest absolute Gasteiger partial charge is 0.495 e. The molecule has 0 heterocycles. The normalized spacial score (nSPS) is 11.4. The minimum atomic E-state index is -3.81. The minimum absolute atomic E-state index is 0.171. The third-order valence-electron chi connectivity index (χ3n) is 5.15. The van der Waals surface area contributed by atoms with E-state index in [0.717, 1.165) is 16.1 Å². The molecule has 14 heteroatoms. The van der Waals surface area contributed by atoms with Crippen molar-refractivity contribution in [2.75, 3.05) is 31.3 Å². The highest BCUT2D eigenvalue weighted by Crippen LogP contribution is 2.37. The Hall–Kier alpha value is -2.70. The smallest absolute Gasteiger partial charge is 0.260 e. The second kappa shape index (κ2) is 13.6. The topological polar surface area (TPSA) is 107 Å². The van der Waals surface area contributed by atoms with Crippen LogP contribution in [-0.2, 0) is 21.4 Å². The van der Waals surface area contributed by atoms with E-state index in [9.17, 15) is 13.2 Å². The first-order chi connectivity index (χ1) is 18.4. The first-order valence-corrected chi connectivity index (χ1v) is 14.8. The van der Waals surface area contributed by atoms with E-state index in [0.29, 0.717) is 37.3 Å². The highest BCUT2D eigenvalue weighted by Gasteiger charge is 2.22. The highest BCUT2D eigenvalue weighted by molar-refractivity contribution is 9.10. The fourth-order valence-corrected chi connectivity index (χ4v) is 5.44. The predicted molar refractivity (Wildman–Crippen MR) is 157 cm³/mol. The van der Waals surface area contributed by atoms with Crippen molar-refractivity contribution in [3.63, 3.8) is 0 Å². The monoisotopic (exact) mass is 677 g/mol. The summed E-state index contributed by atoms with van der Waals surface area (Å²) < 4.78 is 42.6. The van der Waals surface area contributed by atoms with E-state index in [2.05, 4.69) is 26.5 Å². The first-order valence-electron chi connectivity index (χ1n) is 11.0. The Balaban J connectivity index is 1.70. The second-order valence-corrected chi connectivity index (χ2v) is 12.0. The molecule has 0 aliphatic rings. The van der Waals surface area contributed by atoms with E-state index in [1.54, 1.807) is 30.3 Å². The van der Waals surface area contributed by atoms with Crippen LogP contribution in [-0.4, -0.2) is 47.6 Å².